The Labute approximate surface area is 135 Å². The minimum atomic E-state index is -0.321. The molecule has 1 aromatic heterocycles. The third-order valence-corrected chi connectivity index (χ3v) is 3.45. The maximum Gasteiger partial charge on any atom is 0.274 e. The third kappa shape index (κ3) is 4.23. The van der Waals surface area contributed by atoms with Crippen LogP contribution in [0.4, 0.5) is 0 Å². The first-order valence-corrected chi connectivity index (χ1v) is 7.35. The Morgan fingerprint density at radius 3 is 2.78 bits per heavy atom. The molecule has 2 aromatic rings. The summed E-state index contributed by atoms with van der Waals surface area (Å²) in [4.78, 5) is 20.9. The van der Waals surface area contributed by atoms with E-state index in [1.807, 2.05) is 33.2 Å². The van der Waals surface area contributed by atoms with E-state index in [9.17, 15) is 4.79 Å². The second-order valence-corrected chi connectivity index (χ2v) is 5.60. The topological polar surface area (TPSA) is 95.7 Å². The fourth-order valence-corrected chi connectivity index (χ4v) is 2.18. The zero-order valence-electron chi connectivity index (χ0n) is 13.9. The maximum absolute atomic E-state index is 12.1. The molecule has 0 fully saturated rings. The van der Waals surface area contributed by atoms with Gasteiger partial charge in [0.25, 0.3) is 5.91 Å². The number of aliphatic imine (C=N–C) groups is 1. The van der Waals surface area contributed by atoms with Gasteiger partial charge in [-0.3, -0.25) is 15.1 Å². The molecule has 4 N–H and O–H groups in total. The largest absolute Gasteiger partial charge is 0.492 e. The maximum atomic E-state index is 12.1. The highest BCUT2D eigenvalue weighted by Gasteiger charge is 2.12. The highest BCUT2D eigenvalue weighted by Crippen LogP contribution is 2.25. The molecular weight excluding hydrogens is 294 g/mol. The monoisotopic (exact) mass is 317 g/mol. The van der Waals surface area contributed by atoms with Gasteiger partial charge in [-0.15, -0.1) is 0 Å². The van der Waals surface area contributed by atoms with Gasteiger partial charge in [0.1, 0.15) is 18.1 Å². The lowest BCUT2D eigenvalue weighted by Gasteiger charge is -2.11. The molecule has 0 bridgehead atoms. The number of guanidine groups is 1. The number of aromatic amines is 1. The van der Waals surface area contributed by atoms with Crippen LogP contribution in [-0.2, 0) is 0 Å². The van der Waals surface area contributed by atoms with Crippen LogP contribution in [0, 0.1) is 6.92 Å². The van der Waals surface area contributed by atoms with E-state index in [1.54, 1.807) is 6.07 Å². The molecule has 0 unspecified atom stereocenters. The molecule has 124 valence electrons. The zero-order valence-corrected chi connectivity index (χ0v) is 13.9. The number of aryl methyl sites for hydroxylation is 1. The first kappa shape index (κ1) is 16.8. The van der Waals surface area contributed by atoms with Crippen LogP contribution >= 0.6 is 0 Å². The first-order chi connectivity index (χ1) is 10.9. The van der Waals surface area contributed by atoms with Gasteiger partial charge in [-0.2, -0.15) is 0 Å². The minimum absolute atomic E-state index is 0.0816. The molecule has 1 aromatic carbocycles. The normalized spacial score (nSPS) is 12.0. The summed E-state index contributed by atoms with van der Waals surface area (Å²) in [6, 6.07) is 5.66. The lowest BCUT2D eigenvalue weighted by molar-refractivity contribution is 0.0972. The Bertz CT molecular complexity index is 733. The van der Waals surface area contributed by atoms with Crippen molar-refractivity contribution in [3.8, 4) is 5.75 Å². The fourth-order valence-electron chi connectivity index (χ4n) is 2.18. The number of amides is 1. The molecule has 0 spiro atoms. The Kier molecular flexibility index (Phi) is 5.23. The van der Waals surface area contributed by atoms with Crippen LogP contribution in [0.1, 0.15) is 16.1 Å². The summed E-state index contributed by atoms with van der Waals surface area (Å²) in [5, 5.41) is 3.48. The van der Waals surface area contributed by atoms with Crippen LogP contribution in [0.2, 0.25) is 0 Å². The van der Waals surface area contributed by atoms with Crippen molar-refractivity contribution < 1.29 is 9.53 Å². The van der Waals surface area contributed by atoms with Crippen molar-refractivity contribution in [1.82, 2.24) is 15.2 Å². The number of rotatable bonds is 5. The van der Waals surface area contributed by atoms with Gasteiger partial charge >= 0.3 is 0 Å². The molecule has 1 heterocycles. The van der Waals surface area contributed by atoms with Crippen LogP contribution < -0.4 is 15.8 Å². The van der Waals surface area contributed by atoms with Crippen molar-refractivity contribution in [3.63, 3.8) is 0 Å². The smallest absolute Gasteiger partial charge is 0.274 e. The van der Waals surface area contributed by atoms with Crippen LogP contribution in [0.15, 0.2) is 23.2 Å². The summed E-state index contributed by atoms with van der Waals surface area (Å²) >= 11 is 0. The molecule has 0 saturated carbocycles. The lowest BCUT2D eigenvalue weighted by atomic mass is 10.1. The summed E-state index contributed by atoms with van der Waals surface area (Å²) in [6.45, 7) is 3.43. The summed E-state index contributed by atoms with van der Waals surface area (Å²) in [6.07, 6.45) is 0. The Morgan fingerprint density at radius 1 is 1.39 bits per heavy atom. The van der Waals surface area contributed by atoms with Crippen molar-refractivity contribution in [2.24, 2.45) is 10.7 Å². The number of nitrogens with two attached hydrogens (primary N) is 1. The number of nitrogens with zero attached hydrogens (tertiary/aromatic N) is 2. The average molecular weight is 317 g/mol. The SMILES string of the molecule is CN=C(N)NC(=O)c1cc2c(C)cc(OCCN(C)C)cc2[nH]1. The quantitative estimate of drug-likeness (QED) is 0.568. The number of carbonyl (C=O) groups excluding carboxylic acids is 1. The van der Waals surface area contributed by atoms with Gasteiger partial charge in [0.2, 0.25) is 0 Å². The molecule has 2 rings (SSSR count). The molecule has 0 saturated heterocycles. The number of fused-ring (bicyclic) bond motifs is 1. The number of carbonyl (C=O) groups is 1. The van der Waals surface area contributed by atoms with E-state index in [0.29, 0.717) is 12.3 Å². The zero-order chi connectivity index (χ0) is 17.0. The van der Waals surface area contributed by atoms with E-state index in [2.05, 4.69) is 20.2 Å². The van der Waals surface area contributed by atoms with Crippen LogP contribution in [-0.4, -0.2) is 56.0 Å². The number of hydrogen-bond acceptors (Lipinski definition) is 4. The molecule has 1 amide bonds. The first-order valence-electron chi connectivity index (χ1n) is 7.35. The minimum Gasteiger partial charge on any atom is -0.492 e. The summed E-state index contributed by atoms with van der Waals surface area (Å²) in [5.74, 6) is 0.539. The number of ether oxygens (including phenoxy) is 1. The van der Waals surface area contributed by atoms with Crippen molar-refractivity contribution in [1.29, 1.82) is 0 Å². The molecule has 0 radical (unpaired) electrons. The van der Waals surface area contributed by atoms with Gasteiger partial charge in [0.15, 0.2) is 5.96 Å². The van der Waals surface area contributed by atoms with E-state index in [1.165, 1.54) is 7.05 Å². The molecule has 0 atom stereocenters. The second-order valence-electron chi connectivity index (χ2n) is 5.60. The van der Waals surface area contributed by atoms with E-state index < -0.39 is 0 Å². The summed E-state index contributed by atoms with van der Waals surface area (Å²) in [7, 11) is 5.51. The molecular formula is C16H23N5O2. The van der Waals surface area contributed by atoms with E-state index in [-0.39, 0.29) is 11.9 Å². The van der Waals surface area contributed by atoms with Gasteiger partial charge in [0, 0.05) is 30.6 Å². The Hall–Kier alpha value is -2.54. The third-order valence-electron chi connectivity index (χ3n) is 3.45. The van der Waals surface area contributed by atoms with Crippen molar-refractivity contribution >= 4 is 22.8 Å². The van der Waals surface area contributed by atoms with Gasteiger partial charge in [-0.05, 0) is 38.7 Å². The van der Waals surface area contributed by atoms with Crippen LogP contribution in [0.3, 0.4) is 0 Å². The average Bonchev–Trinajstić information content (AvgIpc) is 2.91. The number of hydrogen-bond donors (Lipinski definition) is 3. The van der Waals surface area contributed by atoms with E-state index >= 15 is 0 Å². The van der Waals surface area contributed by atoms with E-state index in [4.69, 9.17) is 10.5 Å². The summed E-state index contributed by atoms with van der Waals surface area (Å²) in [5.41, 5.74) is 7.84. The predicted molar refractivity (Wildman–Crippen MR) is 92.1 cm³/mol. The van der Waals surface area contributed by atoms with Gasteiger partial charge in [-0.1, -0.05) is 0 Å². The Balaban J connectivity index is 2.22. The summed E-state index contributed by atoms with van der Waals surface area (Å²) < 4.78 is 5.76. The Morgan fingerprint density at radius 2 is 2.13 bits per heavy atom. The van der Waals surface area contributed by atoms with Gasteiger partial charge in [-0.25, -0.2) is 0 Å². The lowest BCUT2D eigenvalue weighted by Crippen LogP contribution is -2.36. The molecule has 0 aliphatic heterocycles. The number of benzene rings is 1. The molecule has 0 aliphatic carbocycles. The van der Waals surface area contributed by atoms with E-state index in [0.717, 1.165) is 28.8 Å². The standard InChI is InChI=1S/C16H23N5O2/c1-10-7-11(23-6-5-21(3)4)8-13-12(10)9-14(19-13)15(22)20-16(17)18-2/h7-9,19H,5-6H2,1-4H3,(H3,17,18,20,22). The highest BCUT2D eigenvalue weighted by molar-refractivity contribution is 6.06. The van der Waals surface area contributed by atoms with Crippen molar-refractivity contribution in [2.45, 2.75) is 6.92 Å². The number of likely N-dealkylation sites (N-methyl/N-ethyl adjacent to an activating group) is 1. The van der Waals surface area contributed by atoms with Crippen molar-refractivity contribution in [2.75, 3.05) is 34.3 Å². The second kappa shape index (κ2) is 7.15. The number of H-pyrrole nitrogens is 1. The number of nitrogens with one attached hydrogen (secondary N) is 2. The van der Waals surface area contributed by atoms with Gasteiger partial charge < -0.3 is 20.4 Å². The van der Waals surface area contributed by atoms with Gasteiger partial charge in [0.05, 0.1) is 0 Å². The van der Waals surface area contributed by atoms with Crippen LogP contribution in [0.25, 0.3) is 10.9 Å². The van der Waals surface area contributed by atoms with Crippen LogP contribution in [0.5, 0.6) is 5.75 Å². The number of aromatic nitrogens is 1. The molecule has 23 heavy (non-hydrogen) atoms. The molecule has 0 aliphatic rings. The van der Waals surface area contributed by atoms with Crippen molar-refractivity contribution in [3.05, 3.63) is 29.5 Å². The fraction of sp³-hybridized carbons (Fsp3) is 0.375. The molecule has 7 nitrogen and oxygen atoms in total. The predicted octanol–water partition coefficient (Wildman–Crippen LogP) is 1.09. The highest BCUT2D eigenvalue weighted by atomic mass is 16.5. The molecule has 7 heteroatoms.